The summed E-state index contributed by atoms with van der Waals surface area (Å²) in [6.45, 7) is 1.55. The summed E-state index contributed by atoms with van der Waals surface area (Å²) in [5, 5.41) is 20.5. The van der Waals surface area contributed by atoms with Crippen LogP contribution in [0.25, 0.3) is 0 Å². The summed E-state index contributed by atoms with van der Waals surface area (Å²) in [6, 6.07) is 7.85. The average Bonchev–Trinajstić information content (AvgIpc) is 2.42. The number of allylic oxidation sites excluding steroid dienone is 2. The molecule has 0 aliphatic rings. The first-order valence-electron chi connectivity index (χ1n) is 5.74. The van der Waals surface area contributed by atoms with Crippen molar-refractivity contribution in [2.24, 2.45) is 0 Å². The van der Waals surface area contributed by atoms with Crippen molar-refractivity contribution in [3.05, 3.63) is 34.5 Å². The van der Waals surface area contributed by atoms with Crippen molar-refractivity contribution in [3.63, 3.8) is 0 Å². The van der Waals surface area contributed by atoms with Crippen LogP contribution in [0.3, 0.4) is 0 Å². The van der Waals surface area contributed by atoms with E-state index in [1.54, 1.807) is 25.1 Å². The Balaban J connectivity index is 3.31. The second kappa shape index (κ2) is 6.59. The third-order valence-corrected chi connectivity index (χ3v) is 4.92. The van der Waals surface area contributed by atoms with Crippen LogP contribution in [0, 0.1) is 22.7 Å². The molecule has 0 radical (unpaired) electrons. The Morgan fingerprint density at radius 3 is 2.33 bits per heavy atom. The Morgan fingerprint density at radius 2 is 1.86 bits per heavy atom. The van der Waals surface area contributed by atoms with Gasteiger partial charge in [0.1, 0.15) is 22.6 Å². The second-order valence-corrected chi connectivity index (χ2v) is 6.81. The van der Waals surface area contributed by atoms with Gasteiger partial charge in [0.15, 0.2) is 0 Å². The quantitative estimate of drug-likeness (QED) is 0.857. The maximum atomic E-state index is 12.1. The highest BCUT2D eigenvalue weighted by molar-refractivity contribution is 7.89. The van der Waals surface area contributed by atoms with Crippen molar-refractivity contribution in [1.82, 2.24) is 4.31 Å². The molecule has 0 spiro atoms. The molecule has 0 unspecified atom stereocenters. The number of benzene rings is 1. The highest BCUT2D eigenvalue weighted by Crippen LogP contribution is 2.27. The summed E-state index contributed by atoms with van der Waals surface area (Å²) in [5.74, 6) is 0. The Bertz CT molecular complexity index is 754. The predicted octanol–water partition coefficient (Wildman–Crippen LogP) is 2.32. The summed E-state index contributed by atoms with van der Waals surface area (Å²) in [5.41, 5.74) is 0.665. The van der Waals surface area contributed by atoms with Crippen molar-refractivity contribution in [3.8, 4) is 12.1 Å². The number of nitriles is 2. The third kappa shape index (κ3) is 3.73. The SMILES string of the molecule is CC(Nc1ccc(Cl)c(S(=O)(=O)N(C)C)c1)=C(C#N)C#N. The largest absolute Gasteiger partial charge is 0.357 e. The number of nitrogens with zero attached hydrogens (tertiary/aromatic N) is 3. The van der Waals surface area contributed by atoms with Gasteiger partial charge in [0.25, 0.3) is 0 Å². The molecule has 1 N–H and O–H groups in total. The number of hydrogen-bond donors (Lipinski definition) is 1. The molecule has 8 heteroatoms. The Labute approximate surface area is 128 Å². The van der Waals surface area contributed by atoms with Gasteiger partial charge < -0.3 is 5.32 Å². The number of anilines is 1. The zero-order valence-corrected chi connectivity index (χ0v) is 13.2. The number of rotatable bonds is 4. The molecule has 0 fully saturated rings. The Hall–Kier alpha value is -2.06. The van der Waals surface area contributed by atoms with Crippen molar-refractivity contribution in [2.45, 2.75) is 11.8 Å². The van der Waals surface area contributed by atoms with E-state index in [0.29, 0.717) is 11.4 Å². The van der Waals surface area contributed by atoms with Crippen LogP contribution in [-0.2, 0) is 10.0 Å². The summed E-state index contributed by atoms with van der Waals surface area (Å²) in [4.78, 5) is -0.0533. The molecular formula is C13H13ClN4O2S. The lowest BCUT2D eigenvalue weighted by Crippen LogP contribution is -2.22. The van der Waals surface area contributed by atoms with Gasteiger partial charge in [-0.05, 0) is 25.1 Å². The Morgan fingerprint density at radius 1 is 1.29 bits per heavy atom. The van der Waals surface area contributed by atoms with E-state index in [9.17, 15) is 8.42 Å². The van der Waals surface area contributed by atoms with E-state index >= 15 is 0 Å². The van der Waals surface area contributed by atoms with E-state index in [2.05, 4.69) is 5.32 Å². The first kappa shape index (κ1) is 17.0. The van der Waals surface area contributed by atoms with Gasteiger partial charge in [-0.25, -0.2) is 12.7 Å². The minimum atomic E-state index is -3.68. The molecule has 110 valence electrons. The van der Waals surface area contributed by atoms with Crippen LogP contribution in [0.5, 0.6) is 0 Å². The molecule has 0 aliphatic heterocycles. The molecule has 0 saturated carbocycles. The van der Waals surface area contributed by atoms with Gasteiger partial charge in [-0.2, -0.15) is 10.5 Å². The van der Waals surface area contributed by atoms with Crippen molar-refractivity contribution < 1.29 is 8.42 Å². The zero-order valence-electron chi connectivity index (χ0n) is 11.7. The van der Waals surface area contributed by atoms with E-state index in [4.69, 9.17) is 22.1 Å². The van der Waals surface area contributed by atoms with Crippen LogP contribution in [0.4, 0.5) is 5.69 Å². The number of halogens is 1. The van der Waals surface area contributed by atoms with E-state index in [1.807, 2.05) is 0 Å². The van der Waals surface area contributed by atoms with E-state index in [0.717, 1.165) is 4.31 Å². The minimum absolute atomic E-state index is 0.0533. The van der Waals surface area contributed by atoms with Crippen LogP contribution >= 0.6 is 11.6 Å². The van der Waals surface area contributed by atoms with Crippen LogP contribution in [0.1, 0.15) is 6.92 Å². The van der Waals surface area contributed by atoms with Gasteiger partial charge in [-0.15, -0.1) is 0 Å². The van der Waals surface area contributed by atoms with Gasteiger partial charge >= 0.3 is 0 Å². The highest BCUT2D eigenvalue weighted by atomic mass is 35.5. The summed E-state index contributed by atoms with van der Waals surface area (Å²) >= 11 is 5.93. The van der Waals surface area contributed by atoms with Crippen LogP contribution < -0.4 is 5.32 Å². The monoisotopic (exact) mass is 324 g/mol. The van der Waals surface area contributed by atoms with Crippen molar-refractivity contribution in [1.29, 1.82) is 10.5 Å². The maximum absolute atomic E-state index is 12.1. The van der Waals surface area contributed by atoms with Crippen LogP contribution in [0.2, 0.25) is 5.02 Å². The fraction of sp³-hybridized carbons (Fsp3) is 0.231. The van der Waals surface area contributed by atoms with Gasteiger partial charge in [-0.1, -0.05) is 11.6 Å². The highest BCUT2D eigenvalue weighted by Gasteiger charge is 2.21. The lowest BCUT2D eigenvalue weighted by Gasteiger charge is -2.14. The maximum Gasteiger partial charge on any atom is 0.244 e. The fourth-order valence-corrected chi connectivity index (χ4v) is 2.84. The average molecular weight is 325 g/mol. The van der Waals surface area contributed by atoms with Crippen molar-refractivity contribution in [2.75, 3.05) is 19.4 Å². The molecule has 0 amide bonds. The Kier molecular flexibility index (Phi) is 5.34. The van der Waals surface area contributed by atoms with Crippen molar-refractivity contribution >= 4 is 27.3 Å². The first-order chi connectivity index (χ1) is 9.73. The van der Waals surface area contributed by atoms with Gasteiger partial charge in [0, 0.05) is 25.5 Å². The molecule has 1 rings (SSSR count). The molecule has 1 aromatic rings. The molecule has 0 heterocycles. The molecule has 1 aromatic carbocycles. The molecular weight excluding hydrogens is 312 g/mol. The molecule has 0 atom stereocenters. The standard InChI is InChI=1S/C13H13ClN4O2S/c1-9(10(7-15)8-16)17-11-4-5-12(14)13(6-11)21(19,20)18(2)3/h4-6,17H,1-3H3. The molecule has 0 aliphatic carbocycles. The topological polar surface area (TPSA) is 97.0 Å². The van der Waals surface area contributed by atoms with Gasteiger partial charge in [0.05, 0.1) is 5.02 Å². The normalized spacial score (nSPS) is 10.6. The summed E-state index contributed by atoms with van der Waals surface area (Å²) < 4.78 is 25.3. The smallest absolute Gasteiger partial charge is 0.244 e. The lowest BCUT2D eigenvalue weighted by atomic mass is 10.2. The van der Waals surface area contributed by atoms with Gasteiger partial charge in [-0.3, -0.25) is 0 Å². The number of nitrogens with one attached hydrogen (secondary N) is 1. The lowest BCUT2D eigenvalue weighted by molar-refractivity contribution is 0.521. The summed E-state index contributed by atoms with van der Waals surface area (Å²) in [6.07, 6.45) is 0. The first-order valence-corrected chi connectivity index (χ1v) is 7.56. The molecule has 21 heavy (non-hydrogen) atoms. The molecule has 0 aromatic heterocycles. The number of sulfonamides is 1. The molecule has 0 saturated heterocycles. The second-order valence-electron chi connectivity index (χ2n) is 4.28. The van der Waals surface area contributed by atoms with Crippen LogP contribution in [0.15, 0.2) is 34.4 Å². The predicted molar refractivity (Wildman–Crippen MR) is 79.9 cm³/mol. The summed E-state index contributed by atoms with van der Waals surface area (Å²) in [7, 11) is -0.876. The van der Waals surface area contributed by atoms with E-state index in [-0.39, 0.29) is 15.5 Å². The van der Waals surface area contributed by atoms with Crippen LogP contribution in [-0.4, -0.2) is 26.8 Å². The molecule has 0 bridgehead atoms. The van der Waals surface area contributed by atoms with Gasteiger partial charge in [0.2, 0.25) is 10.0 Å². The van der Waals surface area contributed by atoms with E-state index in [1.165, 1.54) is 26.2 Å². The molecule has 6 nitrogen and oxygen atoms in total. The minimum Gasteiger partial charge on any atom is -0.357 e. The van der Waals surface area contributed by atoms with E-state index < -0.39 is 10.0 Å². The zero-order chi connectivity index (χ0) is 16.2. The number of hydrogen-bond acceptors (Lipinski definition) is 5. The third-order valence-electron chi connectivity index (χ3n) is 2.62. The fourth-order valence-electron chi connectivity index (χ4n) is 1.45.